The molecule has 0 aliphatic carbocycles. The number of rotatable bonds is 4. The smallest absolute Gasteiger partial charge is 0.415 e. The van der Waals surface area contributed by atoms with Gasteiger partial charge in [-0.3, -0.25) is 0 Å². The normalized spacial score (nSPS) is 16.2. The van der Waals surface area contributed by atoms with Gasteiger partial charge < -0.3 is 33.8 Å². The molecular formula is C18H18F3N7OU. The number of fused-ring (bicyclic) bond motifs is 3. The van der Waals surface area contributed by atoms with Crippen molar-refractivity contribution in [2.45, 2.75) is 18.8 Å². The van der Waals surface area contributed by atoms with E-state index in [0.29, 0.717) is 41.8 Å². The molecule has 2 N–H and O–H groups in total. The summed E-state index contributed by atoms with van der Waals surface area (Å²) in [4.78, 5) is 19.0. The van der Waals surface area contributed by atoms with Gasteiger partial charge in [-0.15, -0.1) is 13.1 Å². The zero-order valence-electron chi connectivity index (χ0n) is 15.9. The molecule has 0 saturated heterocycles. The van der Waals surface area contributed by atoms with E-state index >= 15 is 0 Å². The molecule has 30 heavy (non-hydrogen) atoms. The van der Waals surface area contributed by atoms with Gasteiger partial charge in [0.15, 0.2) is 22.8 Å². The molecule has 12 heteroatoms. The zero-order chi connectivity index (χ0) is 20.8. The van der Waals surface area contributed by atoms with Gasteiger partial charge in [0.05, 0.1) is 6.61 Å². The Balaban J connectivity index is 0.00000256. The van der Waals surface area contributed by atoms with Gasteiger partial charge in [-0.2, -0.15) is 13.2 Å². The van der Waals surface area contributed by atoms with E-state index in [-0.39, 0.29) is 55.6 Å². The quantitative estimate of drug-likeness (QED) is 0.437. The summed E-state index contributed by atoms with van der Waals surface area (Å²) in [6.07, 6.45) is -5.20. The molecule has 1 aliphatic rings. The molecule has 0 amide bonds. The molecule has 1 aliphatic heterocycles. The summed E-state index contributed by atoms with van der Waals surface area (Å²) in [5.74, 6) is 0.744. The van der Waals surface area contributed by atoms with E-state index in [1.165, 1.54) is 10.8 Å². The number of pyridine rings is 1. The largest absolute Gasteiger partial charge is 2.00 e. The number of hydrogen-bond acceptors (Lipinski definition) is 7. The molecule has 0 spiro atoms. The number of aromatic nitrogens is 5. The van der Waals surface area contributed by atoms with E-state index in [9.17, 15) is 13.2 Å². The molecule has 8 nitrogen and oxygen atoms in total. The molecular weight excluding hydrogens is 625 g/mol. The average molecular weight is 643 g/mol. The van der Waals surface area contributed by atoms with Crippen LogP contribution in [0.4, 0.5) is 24.8 Å². The van der Waals surface area contributed by atoms with Crippen molar-refractivity contribution >= 4 is 22.8 Å². The Morgan fingerprint density at radius 2 is 1.93 bits per heavy atom. The number of ether oxygens (including phenoxy) is 1. The number of alkyl halides is 3. The van der Waals surface area contributed by atoms with Crippen LogP contribution in [0.1, 0.15) is 11.9 Å². The van der Waals surface area contributed by atoms with E-state index in [2.05, 4.69) is 33.8 Å². The second-order valence-electron chi connectivity index (χ2n) is 6.42. The van der Waals surface area contributed by atoms with Crippen molar-refractivity contribution in [1.82, 2.24) is 24.5 Å². The average Bonchev–Trinajstić information content (AvgIpc) is 3.07. The Labute approximate surface area is 194 Å². The summed E-state index contributed by atoms with van der Waals surface area (Å²) >= 11 is 0. The molecule has 0 bridgehead atoms. The van der Waals surface area contributed by atoms with Gasteiger partial charge in [0, 0.05) is 18.3 Å². The molecule has 1 atom stereocenters. The second-order valence-corrected chi connectivity index (χ2v) is 6.42. The topological polar surface area (TPSA) is 95.0 Å². The molecule has 156 valence electrons. The van der Waals surface area contributed by atoms with Crippen LogP contribution in [0.2, 0.25) is 0 Å². The predicted molar refractivity (Wildman–Crippen MR) is 101 cm³/mol. The van der Waals surface area contributed by atoms with E-state index < -0.39 is 12.3 Å². The van der Waals surface area contributed by atoms with Gasteiger partial charge in [-0.25, -0.2) is 19.9 Å². The van der Waals surface area contributed by atoms with Crippen molar-refractivity contribution in [1.29, 1.82) is 0 Å². The van der Waals surface area contributed by atoms with Gasteiger partial charge in [-0.1, -0.05) is 0 Å². The minimum Gasteiger partial charge on any atom is -0.415 e. The molecule has 4 heterocycles. The monoisotopic (exact) mass is 643 g/mol. The minimum absolute atomic E-state index is 0. The maximum Gasteiger partial charge on any atom is 2.00 e. The van der Waals surface area contributed by atoms with Crippen LogP contribution in [-0.4, -0.2) is 50.4 Å². The summed E-state index contributed by atoms with van der Waals surface area (Å²) in [6.45, 7) is 8.39. The van der Waals surface area contributed by atoms with Crippen molar-refractivity contribution in [3.8, 4) is 11.4 Å². The van der Waals surface area contributed by atoms with Gasteiger partial charge in [0.25, 0.3) is 0 Å². The van der Waals surface area contributed by atoms with Gasteiger partial charge in [0.2, 0.25) is 6.10 Å². The molecule has 0 radical (unpaired) electrons. The van der Waals surface area contributed by atoms with Gasteiger partial charge >= 0.3 is 37.3 Å². The SMILES string of the molecule is [CH2-]CN(C[CH2-])c1nc(-c2ccc(N)nc2)nc2c1nc1n2CCOC1C(F)(F)F.[U+2]. The number of nitrogens with two attached hydrogens (primary N) is 1. The van der Waals surface area contributed by atoms with Crippen LogP contribution in [0.3, 0.4) is 0 Å². The van der Waals surface area contributed by atoms with Crippen molar-refractivity contribution in [3.05, 3.63) is 38.0 Å². The third kappa shape index (κ3) is 4.00. The summed E-state index contributed by atoms with van der Waals surface area (Å²) in [5.41, 5.74) is 6.75. The fraction of sp³-hybridized carbons (Fsp3) is 0.333. The molecule has 4 rings (SSSR count). The summed E-state index contributed by atoms with van der Waals surface area (Å²) < 4.78 is 46.8. The first-order valence-electron chi connectivity index (χ1n) is 8.85. The van der Waals surface area contributed by atoms with Crippen molar-refractivity contribution in [2.75, 3.05) is 30.3 Å². The second kappa shape index (κ2) is 8.69. The Morgan fingerprint density at radius 3 is 2.53 bits per heavy atom. The van der Waals surface area contributed by atoms with E-state index in [1.807, 2.05) is 0 Å². The predicted octanol–water partition coefficient (Wildman–Crippen LogP) is 2.58. The van der Waals surface area contributed by atoms with Crippen molar-refractivity contribution in [3.63, 3.8) is 0 Å². The third-order valence-corrected chi connectivity index (χ3v) is 4.62. The van der Waals surface area contributed by atoms with Crippen LogP contribution in [0, 0.1) is 45.0 Å². The van der Waals surface area contributed by atoms with Crippen LogP contribution in [0.25, 0.3) is 22.6 Å². The maximum atomic E-state index is 13.5. The van der Waals surface area contributed by atoms with E-state index in [1.54, 1.807) is 17.0 Å². The zero-order valence-corrected chi connectivity index (χ0v) is 20.0. The number of hydrogen-bond donors (Lipinski definition) is 1. The fourth-order valence-corrected chi connectivity index (χ4v) is 3.21. The van der Waals surface area contributed by atoms with Crippen molar-refractivity contribution in [2.24, 2.45) is 0 Å². The number of imidazole rings is 1. The van der Waals surface area contributed by atoms with Crippen molar-refractivity contribution < 1.29 is 49.0 Å². The number of nitrogen functional groups attached to an aromatic ring is 1. The third-order valence-electron chi connectivity index (χ3n) is 4.62. The molecule has 0 saturated carbocycles. The van der Waals surface area contributed by atoms with Crippen LogP contribution >= 0.6 is 0 Å². The summed E-state index contributed by atoms with van der Waals surface area (Å²) in [7, 11) is 0. The first kappa shape index (κ1) is 22.8. The van der Waals surface area contributed by atoms with Crippen LogP contribution in [0.5, 0.6) is 0 Å². The Bertz CT molecular complexity index is 1030. The maximum absolute atomic E-state index is 13.5. The molecule has 3 aromatic heterocycles. The summed E-state index contributed by atoms with van der Waals surface area (Å²) in [6, 6.07) is 3.30. The first-order chi connectivity index (χ1) is 13.8. The Morgan fingerprint density at radius 1 is 1.20 bits per heavy atom. The van der Waals surface area contributed by atoms with Gasteiger partial charge in [-0.05, 0) is 12.1 Å². The Kier molecular flexibility index (Phi) is 6.60. The molecule has 3 aromatic rings. The van der Waals surface area contributed by atoms with E-state index in [0.717, 1.165) is 0 Å². The summed E-state index contributed by atoms with van der Waals surface area (Å²) in [5, 5.41) is 0. The number of halogens is 3. The first-order valence-corrected chi connectivity index (χ1v) is 8.85. The minimum atomic E-state index is -4.59. The number of anilines is 2. The van der Waals surface area contributed by atoms with E-state index in [4.69, 9.17) is 10.5 Å². The standard InChI is InChI=1S/C18H18F3N7O.U/c1-3-27(4-2)15-12-16(26-14(25-15)10-5-6-11(22)23-9-10)28-7-8-29-13(17(28)24-12)18(19,20)21;/h5-6,9,13H,1-4,7-8H2,(H2,22,23);/q-2;+2. The van der Waals surface area contributed by atoms with Crippen LogP contribution < -0.4 is 10.6 Å². The molecule has 1 unspecified atom stereocenters. The fourth-order valence-electron chi connectivity index (χ4n) is 3.21. The van der Waals surface area contributed by atoms with Gasteiger partial charge in [0.1, 0.15) is 11.6 Å². The van der Waals surface area contributed by atoms with Crippen LogP contribution in [-0.2, 0) is 11.3 Å². The van der Waals surface area contributed by atoms with Crippen LogP contribution in [0.15, 0.2) is 18.3 Å². The molecule has 0 aromatic carbocycles. The Hall–Kier alpha value is -1.90. The number of nitrogens with zero attached hydrogens (tertiary/aromatic N) is 6. The molecule has 0 fully saturated rings.